The molecule has 0 radical (unpaired) electrons. The standard InChI is InChI=1S/C25H24N4O4.C22H20N4O2/c1-2-32-25(31)21-22(27-14-13-18-9-5-3-6-10-18)20-15-26-17-28-23(20)29(24(21)30)33-16-19-11-7-4-8-12-19;27-21-13-20(24-12-11-17-7-3-1-4-8-17)19-14-23-16-25-22(19)26(21)28-15-18-9-5-2-6-10-18/h3-12,15,17,27H,2,13-14,16H2,1H3;1-10,13-14,16,24H,11-12,15H2. The zero-order chi connectivity index (χ0) is 42.2. The van der Waals surface area contributed by atoms with Gasteiger partial charge < -0.3 is 25.0 Å². The van der Waals surface area contributed by atoms with Gasteiger partial charge in [-0.15, -0.1) is 9.46 Å². The van der Waals surface area contributed by atoms with E-state index in [-0.39, 0.29) is 36.6 Å². The number of benzene rings is 4. The lowest BCUT2D eigenvalue weighted by Crippen LogP contribution is -2.34. The van der Waals surface area contributed by atoms with Gasteiger partial charge in [-0.2, -0.15) is 0 Å². The van der Waals surface area contributed by atoms with Crippen LogP contribution in [0.3, 0.4) is 0 Å². The van der Waals surface area contributed by atoms with Crippen molar-refractivity contribution in [2.75, 3.05) is 30.3 Å². The number of rotatable bonds is 16. The van der Waals surface area contributed by atoms with Crippen LogP contribution in [0.2, 0.25) is 0 Å². The summed E-state index contributed by atoms with van der Waals surface area (Å²) in [5, 5.41) is 7.79. The van der Waals surface area contributed by atoms with Gasteiger partial charge in [-0.25, -0.2) is 24.7 Å². The number of esters is 1. The molecule has 0 fully saturated rings. The second-order valence-electron chi connectivity index (χ2n) is 13.6. The zero-order valence-corrected chi connectivity index (χ0v) is 33.5. The van der Waals surface area contributed by atoms with Crippen LogP contribution in [-0.2, 0) is 30.8 Å². The van der Waals surface area contributed by atoms with E-state index < -0.39 is 11.5 Å². The molecule has 14 heteroatoms. The lowest BCUT2D eigenvalue weighted by Gasteiger charge is -2.17. The summed E-state index contributed by atoms with van der Waals surface area (Å²) in [6, 6.07) is 40.8. The van der Waals surface area contributed by atoms with E-state index in [9.17, 15) is 14.4 Å². The second-order valence-corrected chi connectivity index (χ2v) is 13.6. The highest BCUT2D eigenvalue weighted by molar-refractivity contribution is 6.04. The van der Waals surface area contributed by atoms with Crippen molar-refractivity contribution in [3.63, 3.8) is 0 Å². The number of nitrogens with one attached hydrogen (secondary N) is 2. The molecule has 0 saturated heterocycles. The first-order valence-corrected chi connectivity index (χ1v) is 19.8. The molecule has 4 aromatic heterocycles. The Morgan fingerprint density at radius 2 is 1.08 bits per heavy atom. The maximum absolute atomic E-state index is 13.4. The van der Waals surface area contributed by atoms with Gasteiger partial charge >= 0.3 is 11.5 Å². The third-order valence-electron chi connectivity index (χ3n) is 9.46. The Hall–Kier alpha value is -7.87. The van der Waals surface area contributed by atoms with Crippen LogP contribution in [-0.4, -0.2) is 55.1 Å². The molecule has 8 rings (SSSR count). The summed E-state index contributed by atoms with van der Waals surface area (Å²) in [7, 11) is 0. The molecule has 0 aliphatic heterocycles. The Morgan fingerprint density at radius 3 is 1.62 bits per heavy atom. The summed E-state index contributed by atoms with van der Waals surface area (Å²) >= 11 is 0. The van der Waals surface area contributed by atoms with E-state index in [4.69, 9.17) is 14.4 Å². The molecule has 4 aromatic carbocycles. The number of ether oxygens (including phenoxy) is 1. The van der Waals surface area contributed by atoms with Crippen molar-refractivity contribution in [1.29, 1.82) is 0 Å². The third-order valence-corrected chi connectivity index (χ3v) is 9.46. The molecule has 0 atom stereocenters. The van der Waals surface area contributed by atoms with E-state index in [0.717, 1.165) is 33.2 Å². The Kier molecular flexibility index (Phi) is 14.0. The smallest absolute Gasteiger partial charge is 0.346 e. The molecule has 0 bridgehead atoms. The molecule has 0 aliphatic rings. The number of hydrogen-bond donors (Lipinski definition) is 2. The molecular weight excluding hydrogens is 773 g/mol. The predicted molar refractivity (Wildman–Crippen MR) is 234 cm³/mol. The van der Waals surface area contributed by atoms with E-state index in [1.165, 1.54) is 29.0 Å². The fourth-order valence-electron chi connectivity index (χ4n) is 6.50. The van der Waals surface area contributed by atoms with Crippen LogP contribution >= 0.6 is 0 Å². The van der Waals surface area contributed by atoms with Gasteiger partial charge in [-0.3, -0.25) is 9.59 Å². The van der Waals surface area contributed by atoms with Crippen LogP contribution in [0.5, 0.6) is 0 Å². The highest BCUT2D eigenvalue weighted by Crippen LogP contribution is 2.24. The van der Waals surface area contributed by atoms with Crippen molar-refractivity contribution < 1.29 is 19.2 Å². The van der Waals surface area contributed by atoms with Crippen LogP contribution in [0.15, 0.2) is 162 Å². The molecule has 308 valence electrons. The maximum Gasteiger partial charge on any atom is 0.346 e. The van der Waals surface area contributed by atoms with Gasteiger partial charge in [0.2, 0.25) is 0 Å². The first kappa shape index (κ1) is 41.3. The topological polar surface area (TPSA) is 164 Å². The summed E-state index contributed by atoms with van der Waals surface area (Å²) in [6.07, 6.45) is 7.54. The molecule has 2 N–H and O–H groups in total. The van der Waals surface area contributed by atoms with Crippen molar-refractivity contribution in [3.8, 4) is 0 Å². The van der Waals surface area contributed by atoms with Gasteiger partial charge in [-0.1, -0.05) is 121 Å². The molecule has 61 heavy (non-hydrogen) atoms. The monoisotopic (exact) mass is 816 g/mol. The Balaban J connectivity index is 0.000000186. The van der Waals surface area contributed by atoms with Crippen LogP contribution < -0.4 is 31.4 Å². The second kappa shape index (κ2) is 20.7. The number of pyridine rings is 2. The largest absolute Gasteiger partial charge is 0.462 e. The van der Waals surface area contributed by atoms with Crippen LogP contribution in [0, 0.1) is 0 Å². The number of carbonyl (C=O) groups excluding carboxylic acids is 1. The van der Waals surface area contributed by atoms with Crippen molar-refractivity contribution in [3.05, 3.63) is 201 Å². The van der Waals surface area contributed by atoms with Crippen LogP contribution in [0.25, 0.3) is 22.1 Å². The molecule has 0 spiro atoms. The average Bonchev–Trinajstić information content (AvgIpc) is 3.30. The molecule has 0 saturated carbocycles. The highest BCUT2D eigenvalue weighted by atomic mass is 16.7. The molecule has 14 nitrogen and oxygen atoms in total. The molecular formula is C47H44N8O6. The zero-order valence-electron chi connectivity index (χ0n) is 33.5. The summed E-state index contributed by atoms with van der Waals surface area (Å²) < 4.78 is 7.46. The van der Waals surface area contributed by atoms with Gasteiger partial charge in [0.1, 0.15) is 25.9 Å². The summed E-state index contributed by atoms with van der Waals surface area (Å²) in [5.74, 6) is -0.729. The highest BCUT2D eigenvalue weighted by Gasteiger charge is 2.25. The lowest BCUT2D eigenvalue weighted by molar-refractivity contribution is 0.0513. The number of nitrogens with zero attached hydrogens (tertiary/aromatic N) is 6. The number of hydrogen-bond acceptors (Lipinski definition) is 12. The minimum atomic E-state index is -0.729. The summed E-state index contributed by atoms with van der Waals surface area (Å²) in [6.45, 7) is 3.42. The first-order chi connectivity index (χ1) is 30.0. The number of carbonyl (C=O) groups is 1. The minimum absolute atomic E-state index is 0.128. The first-order valence-electron chi connectivity index (χ1n) is 19.8. The Bertz CT molecular complexity index is 2790. The van der Waals surface area contributed by atoms with Crippen LogP contribution in [0.4, 0.5) is 11.4 Å². The Morgan fingerprint density at radius 1 is 0.607 bits per heavy atom. The van der Waals surface area contributed by atoms with Gasteiger partial charge in [-0.05, 0) is 42.0 Å². The maximum atomic E-state index is 13.4. The number of aromatic nitrogens is 6. The van der Waals surface area contributed by atoms with E-state index in [2.05, 4.69) is 42.7 Å². The molecule has 0 amide bonds. The van der Waals surface area contributed by atoms with Gasteiger partial charge in [0, 0.05) is 31.5 Å². The summed E-state index contributed by atoms with van der Waals surface area (Å²) in [4.78, 5) is 67.2. The number of fused-ring (bicyclic) bond motifs is 2. The summed E-state index contributed by atoms with van der Waals surface area (Å²) in [5.41, 5.74) is 4.90. The van der Waals surface area contributed by atoms with E-state index in [0.29, 0.717) is 41.9 Å². The van der Waals surface area contributed by atoms with E-state index >= 15 is 0 Å². The van der Waals surface area contributed by atoms with Crippen molar-refractivity contribution in [1.82, 2.24) is 29.4 Å². The average molecular weight is 817 g/mol. The predicted octanol–water partition coefficient (Wildman–Crippen LogP) is 6.33. The van der Waals surface area contributed by atoms with E-state index in [1.807, 2.05) is 109 Å². The van der Waals surface area contributed by atoms with E-state index in [1.54, 1.807) is 19.3 Å². The van der Waals surface area contributed by atoms with Gasteiger partial charge in [0.25, 0.3) is 5.56 Å². The third kappa shape index (κ3) is 10.6. The minimum Gasteiger partial charge on any atom is -0.462 e. The van der Waals surface area contributed by atoms with Gasteiger partial charge in [0.05, 0.1) is 28.8 Å². The fraction of sp³-hybridized carbons (Fsp3) is 0.170. The Labute approximate surface area is 351 Å². The molecule has 4 heterocycles. The van der Waals surface area contributed by atoms with Crippen molar-refractivity contribution in [2.24, 2.45) is 0 Å². The van der Waals surface area contributed by atoms with Crippen LogP contribution in [0.1, 0.15) is 39.5 Å². The van der Waals surface area contributed by atoms with Crippen molar-refractivity contribution >= 4 is 39.4 Å². The van der Waals surface area contributed by atoms with Gasteiger partial charge in [0.15, 0.2) is 16.9 Å². The lowest BCUT2D eigenvalue weighted by atomic mass is 10.1. The normalized spacial score (nSPS) is 10.7. The SMILES string of the molecule is CCOC(=O)c1c(NCCc2ccccc2)c2cncnc2n(OCc2ccccc2)c1=O.O=c1cc(NCCc2ccccc2)c2cncnc2n1OCc1ccccc1. The van der Waals surface area contributed by atoms with Crippen molar-refractivity contribution in [2.45, 2.75) is 33.0 Å². The molecule has 0 unspecified atom stereocenters. The fourth-order valence-corrected chi connectivity index (χ4v) is 6.50. The number of anilines is 2. The quantitative estimate of drug-likeness (QED) is 0.104. The molecule has 8 aromatic rings. The molecule has 0 aliphatic carbocycles.